The van der Waals surface area contributed by atoms with Crippen LogP contribution in [0.4, 0.5) is 10.5 Å². The summed E-state index contributed by atoms with van der Waals surface area (Å²) in [7, 11) is 0. The highest BCUT2D eigenvalue weighted by molar-refractivity contribution is 6.39. The number of nitrogens with one attached hydrogen (secondary N) is 1. The molecule has 6 heteroatoms. The Morgan fingerprint density at radius 2 is 1.79 bits per heavy atom. The lowest BCUT2D eigenvalue weighted by atomic mass is 9.90. The van der Waals surface area contributed by atoms with E-state index in [9.17, 15) is 4.79 Å². The summed E-state index contributed by atoms with van der Waals surface area (Å²) < 4.78 is 5.44. The molecule has 0 radical (unpaired) electrons. The number of para-hydroxylation sites is 1. The van der Waals surface area contributed by atoms with E-state index in [2.05, 4.69) is 12.2 Å². The third-order valence-electron chi connectivity index (χ3n) is 4.23. The normalized spacial score (nSPS) is 17.5. The summed E-state index contributed by atoms with van der Waals surface area (Å²) in [5, 5.41) is 4.68. The molecule has 0 aromatic heterocycles. The van der Waals surface area contributed by atoms with Crippen LogP contribution < -0.4 is 5.32 Å². The second-order valence-electron chi connectivity index (χ2n) is 7.33. The molecule has 1 aromatic carbocycles. The van der Waals surface area contributed by atoms with Crippen molar-refractivity contribution in [1.82, 2.24) is 4.90 Å². The Hall–Kier alpha value is -1.13. The number of hydrogen-bond donors (Lipinski definition) is 1. The summed E-state index contributed by atoms with van der Waals surface area (Å²) in [6.07, 6.45) is 1.63. The van der Waals surface area contributed by atoms with Gasteiger partial charge < -0.3 is 15.0 Å². The van der Waals surface area contributed by atoms with Crippen LogP contribution in [0.25, 0.3) is 0 Å². The lowest BCUT2D eigenvalue weighted by Gasteiger charge is -2.36. The molecule has 24 heavy (non-hydrogen) atoms. The van der Waals surface area contributed by atoms with Crippen LogP contribution in [0.15, 0.2) is 18.2 Å². The number of anilines is 1. The summed E-state index contributed by atoms with van der Waals surface area (Å²) in [5.74, 6) is 0.455. The van der Waals surface area contributed by atoms with Crippen LogP contribution in [-0.4, -0.2) is 35.7 Å². The number of benzene rings is 1. The van der Waals surface area contributed by atoms with Crippen molar-refractivity contribution in [3.8, 4) is 0 Å². The predicted octanol–water partition coefficient (Wildman–Crippen LogP) is 5.44. The second kappa shape index (κ2) is 7.83. The average Bonchev–Trinajstić information content (AvgIpc) is 2.49. The third-order valence-corrected chi connectivity index (χ3v) is 4.86. The maximum absolute atomic E-state index is 12.1. The number of rotatable bonds is 3. The van der Waals surface area contributed by atoms with Crippen LogP contribution in [0.5, 0.6) is 0 Å². The summed E-state index contributed by atoms with van der Waals surface area (Å²) in [4.78, 5) is 13.9. The molecule has 4 nitrogen and oxygen atoms in total. The van der Waals surface area contributed by atoms with Crippen molar-refractivity contribution in [2.75, 3.05) is 18.4 Å². The van der Waals surface area contributed by atoms with Crippen molar-refractivity contribution in [1.29, 1.82) is 0 Å². The van der Waals surface area contributed by atoms with Gasteiger partial charge in [0.2, 0.25) is 0 Å². The molecule has 1 aliphatic heterocycles. The molecule has 1 saturated heterocycles. The first-order valence-electron chi connectivity index (χ1n) is 8.36. The predicted molar refractivity (Wildman–Crippen MR) is 100 cm³/mol. The van der Waals surface area contributed by atoms with Crippen LogP contribution in [0, 0.1) is 5.92 Å². The largest absolute Gasteiger partial charge is 0.444 e. The minimum atomic E-state index is -0.455. The van der Waals surface area contributed by atoms with Gasteiger partial charge in [-0.25, -0.2) is 4.79 Å². The quantitative estimate of drug-likeness (QED) is 0.767. The fraction of sp³-hybridized carbons (Fsp3) is 0.611. The monoisotopic (exact) mass is 372 g/mol. The van der Waals surface area contributed by atoms with E-state index in [1.807, 2.05) is 39.0 Å². The molecule has 0 bridgehead atoms. The molecular formula is C18H26Cl2N2O2. The second-order valence-corrected chi connectivity index (χ2v) is 8.15. The van der Waals surface area contributed by atoms with Gasteiger partial charge in [-0.3, -0.25) is 0 Å². The van der Waals surface area contributed by atoms with E-state index in [0.29, 0.717) is 29.1 Å². The van der Waals surface area contributed by atoms with Gasteiger partial charge >= 0.3 is 6.09 Å². The molecule has 1 unspecified atom stereocenters. The van der Waals surface area contributed by atoms with Crippen molar-refractivity contribution < 1.29 is 9.53 Å². The van der Waals surface area contributed by atoms with Crippen LogP contribution in [0.1, 0.15) is 40.5 Å². The highest BCUT2D eigenvalue weighted by Crippen LogP contribution is 2.32. The Kier molecular flexibility index (Phi) is 6.27. The molecule has 1 N–H and O–H groups in total. The van der Waals surface area contributed by atoms with Gasteiger partial charge in [-0.2, -0.15) is 0 Å². The van der Waals surface area contributed by atoms with Gasteiger partial charge in [-0.05, 0) is 58.6 Å². The van der Waals surface area contributed by atoms with Gasteiger partial charge in [0.25, 0.3) is 0 Å². The number of hydrogen-bond acceptors (Lipinski definition) is 3. The molecule has 134 valence electrons. The van der Waals surface area contributed by atoms with E-state index in [-0.39, 0.29) is 12.1 Å². The van der Waals surface area contributed by atoms with Crippen LogP contribution in [0.2, 0.25) is 10.0 Å². The van der Waals surface area contributed by atoms with Crippen LogP contribution in [0.3, 0.4) is 0 Å². The van der Waals surface area contributed by atoms with Gasteiger partial charge in [-0.15, -0.1) is 0 Å². The van der Waals surface area contributed by atoms with Gasteiger partial charge in [0, 0.05) is 19.1 Å². The Morgan fingerprint density at radius 1 is 1.25 bits per heavy atom. The smallest absolute Gasteiger partial charge is 0.410 e. The van der Waals surface area contributed by atoms with E-state index in [1.165, 1.54) is 0 Å². The van der Waals surface area contributed by atoms with Crippen LogP contribution in [-0.2, 0) is 4.74 Å². The fourth-order valence-corrected chi connectivity index (χ4v) is 3.40. The maximum Gasteiger partial charge on any atom is 0.410 e. The zero-order valence-corrected chi connectivity index (χ0v) is 16.2. The highest BCUT2D eigenvalue weighted by Gasteiger charge is 2.29. The van der Waals surface area contributed by atoms with Crippen molar-refractivity contribution in [3.63, 3.8) is 0 Å². The minimum Gasteiger partial charge on any atom is -0.444 e. The minimum absolute atomic E-state index is 0.225. The Bertz CT molecular complexity index is 559. The molecule has 1 aromatic rings. The fourth-order valence-electron chi connectivity index (χ4n) is 2.89. The van der Waals surface area contributed by atoms with E-state index < -0.39 is 5.60 Å². The molecule has 1 atom stereocenters. The highest BCUT2D eigenvalue weighted by atomic mass is 35.5. The first-order valence-corrected chi connectivity index (χ1v) is 9.11. The number of carbonyl (C=O) groups excluding carboxylic acids is 1. The Balaban J connectivity index is 1.89. The average molecular weight is 373 g/mol. The zero-order valence-electron chi connectivity index (χ0n) is 14.7. The number of piperidine rings is 1. The first kappa shape index (κ1) is 19.2. The van der Waals surface area contributed by atoms with Crippen LogP contribution >= 0.6 is 23.2 Å². The number of ether oxygens (including phenoxy) is 1. The van der Waals surface area contributed by atoms with Crippen molar-refractivity contribution in [2.45, 2.75) is 52.2 Å². The van der Waals surface area contributed by atoms with Gasteiger partial charge in [0.15, 0.2) is 0 Å². The van der Waals surface area contributed by atoms with Gasteiger partial charge in [0.05, 0.1) is 15.7 Å². The molecular weight excluding hydrogens is 347 g/mol. The van der Waals surface area contributed by atoms with Crippen molar-refractivity contribution in [3.05, 3.63) is 28.2 Å². The number of halogens is 2. The van der Waals surface area contributed by atoms with E-state index in [1.54, 1.807) is 4.90 Å². The number of nitrogens with zero attached hydrogens (tertiary/aromatic N) is 1. The SMILES string of the molecule is CC(Nc1c(Cl)cccc1Cl)C1CCN(C(=O)OC(C)(C)C)CC1. The number of carbonyl (C=O) groups is 1. The molecule has 0 saturated carbocycles. The number of likely N-dealkylation sites (tertiary alicyclic amines) is 1. The Labute approximate surface area is 154 Å². The molecule has 1 amide bonds. The summed E-state index contributed by atoms with van der Waals surface area (Å²) in [5.41, 5.74) is 0.326. The third kappa shape index (κ3) is 5.18. The van der Waals surface area contributed by atoms with E-state index in [0.717, 1.165) is 18.5 Å². The molecule has 0 spiro atoms. The van der Waals surface area contributed by atoms with Crippen molar-refractivity contribution >= 4 is 35.0 Å². The van der Waals surface area contributed by atoms with Gasteiger partial charge in [0.1, 0.15) is 5.60 Å². The number of amides is 1. The first-order chi connectivity index (χ1) is 11.2. The lowest BCUT2D eigenvalue weighted by molar-refractivity contribution is 0.0179. The summed E-state index contributed by atoms with van der Waals surface area (Å²) in [6.45, 7) is 9.21. The molecule has 0 aliphatic carbocycles. The summed E-state index contributed by atoms with van der Waals surface area (Å²) >= 11 is 12.4. The standard InChI is InChI=1S/C18H26Cl2N2O2/c1-12(21-16-14(19)6-5-7-15(16)20)13-8-10-22(11-9-13)17(23)24-18(2,3)4/h5-7,12-13,21H,8-11H2,1-4H3. The molecule has 1 fully saturated rings. The van der Waals surface area contributed by atoms with E-state index in [4.69, 9.17) is 27.9 Å². The zero-order chi connectivity index (χ0) is 17.9. The van der Waals surface area contributed by atoms with E-state index >= 15 is 0 Å². The maximum atomic E-state index is 12.1. The topological polar surface area (TPSA) is 41.6 Å². The molecule has 1 heterocycles. The Morgan fingerprint density at radius 3 is 2.29 bits per heavy atom. The van der Waals surface area contributed by atoms with Crippen molar-refractivity contribution in [2.24, 2.45) is 5.92 Å². The molecule has 1 aliphatic rings. The van der Waals surface area contributed by atoms with Gasteiger partial charge in [-0.1, -0.05) is 29.3 Å². The summed E-state index contributed by atoms with van der Waals surface area (Å²) in [6, 6.07) is 5.71. The molecule has 2 rings (SSSR count). The lowest BCUT2D eigenvalue weighted by Crippen LogP contribution is -2.44.